The lowest BCUT2D eigenvalue weighted by molar-refractivity contribution is -0.134. The van der Waals surface area contributed by atoms with Crippen molar-refractivity contribution in [1.29, 1.82) is 0 Å². The Hall–Kier alpha value is -1.59. The number of nitrogens with zero attached hydrogens (tertiary/aromatic N) is 2. The van der Waals surface area contributed by atoms with E-state index in [2.05, 4.69) is 44.9 Å². The van der Waals surface area contributed by atoms with Gasteiger partial charge in [0.2, 0.25) is 5.91 Å². The second kappa shape index (κ2) is 6.49. The molecular weight excluding hydrogens is 288 g/mol. The van der Waals surface area contributed by atoms with E-state index in [0.717, 1.165) is 26.2 Å². The summed E-state index contributed by atoms with van der Waals surface area (Å²) in [7, 11) is 0. The molecule has 3 atom stereocenters. The van der Waals surface area contributed by atoms with Crippen LogP contribution in [0.15, 0.2) is 30.3 Å². The van der Waals surface area contributed by atoms with Crippen molar-refractivity contribution in [2.24, 2.45) is 5.92 Å². The second-order valence-electron chi connectivity index (χ2n) is 6.97. The zero-order valence-corrected chi connectivity index (χ0v) is 13.6. The number of fused-ring (bicyclic) bond motifs is 1. The van der Waals surface area contributed by atoms with E-state index in [1.807, 2.05) is 6.07 Å². The van der Waals surface area contributed by atoms with E-state index in [0.29, 0.717) is 17.9 Å². The van der Waals surface area contributed by atoms with Gasteiger partial charge in [-0.3, -0.25) is 10.2 Å². The Bertz CT molecular complexity index is 541. The highest BCUT2D eigenvalue weighted by molar-refractivity contribution is 5.83. The van der Waals surface area contributed by atoms with Gasteiger partial charge in [-0.2, -0.15) is 0 Å². The third-order valence-corrected chi connectivity index (χ3v) is 5.65. The molecule has 2 saturated heterocycles. The molecule has 2 aliphatic heterocycles. The highest BCUT2D eigenvalue weighted by Gasteiger charge is 2.42. The van der Waals surface area contributed by atoms with E-state index in [-0.39, 0.29) is 6.04 Å². The van der Waals surface area contributed by atoms with E-state index >= 15 is 0 Å². The molecule has 1 aromatic rings. The normalized spacial score (nSPS) is 31.0. The average Bonchev–Trinajstić information content (AvgIpc) is 3.06. The van der Waals surface area contributed by atoms with Gasteiger partial charge in [-0.25, -0.2) is 5.43 Å². The molecule has 0 bridgehead atoms. The Balaban J connectivity index is 1.36. The van der Waals surface area contributed by atoms with Crippen molar-refractivity contribution in [2.75, 3.05) is 31.1 Å². The summed E-state index contributed by atoms with van der Waals surface area (Å²) >= 11 is 0. The molecule has 5 nitrogen and oxygen atoms in total. The first kappa shape index (κ1) is 15.0. The summed E-state index contributed by atoms with van der Waals surface area (Å²) in [5, 5.41) is 0. The van der Waals surface area contributed by atoms with Crippen LogP contribution in [-0.4, -0.2) is 49.1 Å². The minimum atomic E-state index is -0.0245. The number of anilines is 1. The van der Waals surface area contributed by atoms with Gasteiger partial charge in [0.05, 0.1) is 0 Å². The third kappa shape index (κ3) is 2.95. The molecule has 0 spiro atoms. The molecule has 3 unspecified atom stereocenters. The summed E-state index contributed by atoms with van der Waals surface area (Å²) in [6.07, 6.45) is 4.91. The van der Waals surface area contributed by atoms with Crippen LogP contribution in [0.25, 0.3) is 0 Å². The van der Waals surface area contributed by atoms with Crippen LogP contribution in [0.4, 0.5) is 5.69 Å². The SMILES string of the molecule is O=C(C1NNC2CCCCC21)N1CCN(c2ccccc2)CC1. The van der Waals surface area contributed by atoms with Gasteiger partial charge in [0.25, 0.3) is 0 Å². The van der Waals surface area contributed by atoms with Crippen molar-refractivity contribution in [2.45, 2.75) is 37.8 Å². The molecule has 5 heteroatoms. The minimum absolute atomic E-state index is 0.0245. The van der Waals surface area contributed by atoms with Crippen LogP contribution in [0.3, 0.4) is 0 Å². The smallest absolute Gasteiger partial charge is 0.241 e. The lowest BCUT2D eigenvalue weighted by Gasteiger charge is -2.38. The summed E-state index contributed by atoms with van der Waals surface area (Å²) < 4.78 is 0. The summed E-state index contributed by atoms with van der Waals surface area (Å²) in [4.78, 5) is 17.3. The van der Waals surface area contributed by atoms with Gasteiger partial charge in [0.1, 0.15) is 6.04 Å². The Morgan fingerprint density at radius 1 is 0.957 bits per heavy atom. The molecule has 2 heterocycles. The minimum Gasteiger partial charge on any atom is -0.368 e. The molecule has 23 heavy (non-hydrogen) atoms. The predicted molar refractivity (Wildman–Crippen MR) is 91.0 cm³/mol. The van der Waals surface area contributed by atoms with E-state index in [4.69, 9.17) is 0 Å². The van der Waals surface area contributed by atoms with Crippen molar-refractivity contribution in [3.8, 4) is 0 Å². The largest absolute Gasteiger partial charge is 0.368 e. The van der Waals surface area contributed by atoms with Crippen LogP contribution in [0.5, 0.6) is 0 Å². The Labute approximate surface area is 138 Å². The lowest BCUT2D eigenvalue weighted by Crippen LogP contribution is -2.55. The Kier molecular flexibility index (Phi) is 4.23. The number of para-hydroxylation sites is 1. The van der Waals surface area contributed by atoms with Gasteiger partial charge >= 0.3 is 0 Å². The molecule has 1 aromatic carbocycles. The quantitative estimate of drug-likeness (QED) is 0.866. The van der Waals surface area contributed by atoms with Crippen molar-refractivity contribution >= 4 is 11.6 Å². The first-order valence-corrected chi connectivity index (χ1v) is 8.93. The number of hydrogen-bond donors (Lipinski definition) is 2. The molecule has 0 aromatic heterocycles. The molecule has 0 radical (unpaired) electrons. The van der Waals surface area contributed by atoms with Crippen LogP contribution >= 0.6 is 0 Å². The number of carbonyl (C=O) groups excluding carboxylic acids is 1. The summed E-state index contributed by atoms with van der Waals surface area (Å²) in [5.74, 6) is 0.767. The second-order valence-corrected chi connectivity index (χ2v) is 6.97. The molecule has 3 fully saturated rings. The fraction of sp³-hybridized carbons (Fsp3) is 0.611. The predicted octanol–water partition coefficient (Wildman–Crippen LogP) is 1.37. The van der Waals surface area contributed by atoms with Crippen molar-refractivity contribution < 1.29 is 4.79 Å². The highest BCUT2D eigenvalue weighted by Crippen LogP contribution is 2.31. The maximum Gasteiger partial charge on any atom is 0.241 e. The molecule has 1 amide bonds. The van der Waals surface area contributed by atoms with Crippen molar-refractivity contribution in [3.63, 3.8) is 0 Å². The first-order chi connectivity index (χ1) is 11.3. The van der Waals surface area contributed by atoms with E-state index in [9.17, 15) is 4.79 Å². The average molecular weight is 314 g/mol. The molecule has 2 N–H and O–H groups in total. The Morgan fingerprint density at radius 3 is 2.48 bits per heavy atom. The lowest BCUT2D eigenvalue weighted by atomic mass is 9.81. The van der Waals surface area contributed by atoms with Crippen molar-refractivity contribution in [3.05, 3.63) is 30.3 Å². The fourth-order valence-electron chi connectivity index (χ4n) is 4.31. The summed E-state index contributed by atoms with van der Waals surface area (Å²) in [6, 6.07) is 10.9. The highest BCUT2D eigenvalue weighted by atomic mass is 16.2. The van der Waals surface area contributed by atoms with Gasteiger partial charge in [-0.1, -0.05) is 31.0 Å². The Morgan fingerprint density at radius 2 is 1.70 bits per heavy atom. The molecule has 1 saturated carbocycles. The van der Waals surface area contributed by atoms with Gasteiger partial charge in [0, 0.05) is 43.8 Å². The summed E-state index contributed by atoms with van der Waals surface area (Å²) in [5.41, 5.74) is 7.90. The fourth-order valence-corrected chi connectivity index (χ4v) is 4.31. The number of benzene rings is 1. The zero-order valence-electron chi connectivity index (χ0n) is 13.6. The molecular formula is C18H26N4O. The van der Waals surface area contributed by atoms with E-state index < -0.39 is 0 Å². The maximum atomic E-state index is 12.9. The molecule has 124 valence electrons. The van der Waals surface area contributed by atoms with Gasteiger partial charge in [0.15, 0.2) is 0 Å². The zero-order chi connectivity index (χ0) is 15.6. The van der Waals surface area contributed by atoms with Gasteiger partial charge in [-0.05, 0) is 25.0 Å². The van der Waals surface area contributed by atoms with Gasteiger partial charge in [-0.15, -0.1) is 0 Å². The molecule has 3 aliphatic rings. The van der Waals surface area contributed by atoms with E-state index in [1.165, 1.54) is 31.4 Å². The maximum absolute atomic E-state index is 12.9. The number of amides is 1. The monoisotopic (exact) mass is 314 g/mol. The number of hydrazine groups is 1. The van der Waals surface area contributed by atoms with Crippen LogP contribution in [0.2, 0.25) is 0 Å². The molecule has 4 rings (SSSR count). The number of carbonyl (C=O) groups is 1. The number of nitrogens with one attached hydrogen (secondary N) is 2. The standard InChI is InChI=1S/C18H26N4O/c23-18(17-15-8-4-5-9-16(15)19-20-17)22-12-10-21(11-13-22)14-6-2-1-3-7-14/h1-3,6-7,15-17,19-20H,4-5,8-13H2. The van der Waals surface area contributed by atoms with Crippen LogP contribution in [0.1, 0.15) is 25.7 Å². The summed E-state index contributed by atoms with van der Waals surface area (Å²) in [6.45, 7) is 3.49. The van der Waals surface area contributed by atoms with Crippen LogP contribution in [-0.2, 0) is 4.79 Å². The van der Waals surface area contributed by atoms with E-state index in [1.54, 1.807) is 0 Å². The topological polar surface area (TPSA) is 47.6 Å². The number of hydrogen-bond acceptors (Lipinski definition) is 4. The number of piperazine rings is 1. The van der Waals surface area contributed by atoms with Crippen LogP contribution < -0.4 is 15.8 Å². The molecule has 1 aliphatic carbocycles. The third-order valence-electron chi connectivity index (χ3n) is 5.65. The number of rotatable bonds is 2. The van der Waals surface area contributed by atoms with Crippen LogP contribution in [0, 0.1) is 5.92 Å². The van der Waals surface area contributed by atoms with Gasteiger partial charge < -0.3 is 9.80 Å². The first-order valence-electron chi connectivity index (χ1n) is 8.93. The van der Waals surface area contributed by atoms with Crippen molar-refractivity contribution in [1.82, 2.24) is 15.8 Å².